The largest absolute Gasteiger partial charge is 0.497 e. The van der Waals surface area contributed by atoms with E-state index in [1.54, 1.807) is 7.11 Å². The van der Waals surface area contributed by atoms with Crippen molar-refractivity contribution in [2.24, 2.45) is 11.1 Å². The summed E-state index contributed by atoms with van der Waals surface area (Å²) < 4.78 is 16.1. The first kappa shape index (κ1) is 21.2. The normalized spacial score (nSPS) is 25.9. The number of carboxylic acid groups (broad SMARTS) is 1. The van der Waals surface area contributed by atoms with Crippen LogP contribution in [0.2, 0.25) is 0 Å². The number of ether oxygens (including phenoxy) is 3. The van der Waals surface area contributed by atoms with Crippen LogP contribution < -0.4 is 4.74 Å². The first-order valence-corrected chi connectivity index (χ1v) is 9.22. The molecule has 0 radical (unpaired) electrons. The molecule has 150 valence electrons. The molecule has 0 amide bonds. The minimum atomic E-state index is -1.53. The number of hydrogen-bond donors (Lipinski definition) is 1. The Bertz CT molecular complexity index is 644. The first-order chi connectivity index (χ1) is 12.9. The first-order valence-electron chi connectivity index (χ1n) is 9.22. The van der Waals surface area contributed by atoms with E-state index in [1.165, 1.54) is 6.92 Å². The molecule has 1 aromatic carbocycles. The van der Waals surface area contributed by atoms with Crippen LogP contribution in [0.25, 0.3) is 0 Å². The van der Waals surface area contributed by atoms with Gasteiger partial charge < -0.3 is 24.2 Å². The molecule has 0 spiro atoms. The summed E-state index contributed by atoms with van der Waals surface area (Å²) in [5.41, 5.74) is 1.80. The van der Waals surface area contributed by atoms with Crippen molar-refractivity contribution < 1.29 is 28.9 Å². The van der Waals surface area contributed by atoms with E-state index >= 15 is 0 Å². The maximum absolute atomic E-state index is 11.2. The lowest BCUT2D eigenvalue weighted by Gasteiger charge is -2.39. The summed E-state index contributed by atoms with van der Waals surface area (Å²) >= 11 is 0. The molecule has 0 bridgehead atoms. The Morgan fingerprint density at radius 2 is 2.04 bits per heavy atom. The maximum Gasteiger partial charge on any atom is 0.364 e. The summed E-state index contributed by atoms with van der Waals surface area (Å²) in [7, 11) is 1.64. The van der Waals surface area contributed by atoms with Gasteiger partial charge in [-0.05, 0) is 62.9 Å². The lowest BCUT2D eigenvalue weighted by Crippen LogP contribution is -2.51. The smallest absolute Gasteiger partial charge is 0.364 e. The molecular formula is C20H29NO6. The summed E-state index contributed by atoms with van der Waals surface area (Å²) in [6.07, 6.45) is 2.53. The predicted octanol–water partition coefficient (Wildman–Crippen LogP) is 3.46. The van der Waals surface area contributed by atoms with Crippen molar-refractivity contribution in [2.75, 3.05) is 20.3 Å². The molecule has 1 aliphatic heterocycles. The highest BCUT2D eigenvalue weighted by Crippen LogP contribution is 2.29. The molecule has 1 aliphatic rings. The summed E-state index contributed by atoms with van der Waals surface area (Å²) in [5.74, 6) is -1.64. The molecule has 7 heteroatoms. The number of aliphatic carboxylic acids is 1. The number of benzene rings is 1. The molecule has 1 fully saturated rings. The highest BCUT2D eigenvalue weighted by Gasteiger charge is 2.43. The van der Waals surface area contributed by atoms with Crippen LogP contribution in [0.1, 0.15) is 45.6 Å². The number of oxime groups is 1. The van der Waals surface area contributed by atoms with Crippen LogP contribution in [0.5, 0.6) is 5.75 Å². The molecule has 1 heterocycles. The summed E-state index contributed by atoms with van der Waals surface area (Å²) in [6, 6.07) is 7.66. The van der Waals surface area contributed by atoms with Gasteiger partial charge in [-0.1, -0.05) is 5.16 Å². The van der Waals surface area contributed by atoms with Crippen LogP contribution in [0.3, 0.4) is 0 Å². The van der Waals surface area contributed by atoms with Crippen LogP contribution in [0, 0.1) is 5.92 Å². The Morgan fingerprint density at radius 1 is 1.33 bits per heavy atom. The van der Waals surface area contributed by atoms with E-state index < -0.39 is 11.8 Å². The average molecular weight is 379 g/mol. The van der Waals surface area contributed by atoms with Gasteiger partial charge in [0.25, 0.3) is 5.79 Å². The van der Waals surface area contributed by atoms with Crippen LogP contribution in [-0.4, -0.2) is 49.0 Å². The fourth-order valence-electron chi connectivity index (χ4n) is 2.92. The fourth-order valence-corrected chi connectivity index (χ4v) is 2.92. The van der Waals surface area contributed by atoms with Crippen molar-refractivity contribution >= 4 is 11.7 Å². The van der Waals surface area contributed by atoms with Gasteiger partial charge in [0.2, 0.25) is 0 Å². The van der Waals surface area contributed by atoms with Crippen LogP contribution in [-0.2, 0) is 19.1 Å². The van der Waals surface area contributed by atoms with Gasteiger partial charge in [0, 0.05) is 12.8 Å². The maximum atomic E-state index is 11.2. The number of methoxy groups -OCH3 is 1. The van der Waals surface area contributed by atoms with Gasteiger partial charge in [0.15, 0.2) is 0 Å². The fraction of sp³-hybridized carbons (Fsp3) is 0.600. The molecular weight excluding hydrogens is 350 g/mol. The van der Waals surface area contributed by atoms with Crippen molar-refractivity contribution in [3.05, 3.63) is 29.8 Å². The Labute approximate surface area is 160 Å². The van der Waals surface area contributed by atoms with Crippen molar-refractivity contribution in [2.45, 2.75) is 51.9 Å². The standard InChI is InChI=1S/C20H29NO6/c1-14(16-8-10-18(24-4)11-9-16)21-26-12-6-5-7-17-13-25-20(3,19(22)23)27-15(17)2/h8-11,15,17H,5-7,12-13H2,1-4H3,(H,22,23). The van der Waals surface area contributed by atoms with Crippen molar-refractivity contribution in [3.8, 4) is 5.75 Å². The van der Waals surface area contributed by atoms with E-state index in [0.29, 0.717) is 13.2 Å². The Morgan fingerprint density at radius 3 is 2.63 bits per heavy atom. The predicted molar refractivity (Wildman–Crippen MR) is 101 cm³/mol. The lowest BCUT2D eigenvalue weighted by atomic mass is 9.96. The molecule has 3 unspecified atom stereocenters. The summed E-state index contributed by atoms with van der Waals surface area (Å²) in [5, 5.41) is 13.3. The number of nitrogens with zero attached hydrogens (tertiary/aromatic N) is 1. The van der Waals surface area contributed by atoms with Crippen LogP contribution in [0.15, 0.2) is 29.4 Å². The zero-order valence-corrected chi connectivity index (χ0v) is 16.4. The number of unbranched alkanes of at least 4 members (excludes halogenated alkanes) is 1. The zero-order chi connectivity index (χ0) is 19.9. The minimum Gasteiger partial charge on any atom is -0.497 e. The quantitative estimate of drug-likeness (QED) is 0.402. The van der Waals surface area contributed by atoms with Crippen molar-refractivity contribution in [1.29, 1.82) is 0 Å². The monoisotopic (exact) mass is 379 g/mol. The van der Waals surface area contributed by atoms with Gasteiger partial charge in [0.1, 0.15) is 12.4 Å². The lowest BCUT2D eigenvalue weighted by molar-refractivity contribution is -0.292. The molecule has 7 nitrogen and oxygen atoms in total. The summed E-state index contributed by atoms with van der Waals surface area (Å²) in [4.78, 5) is 16.6. The molecule has 27 heavy (non-hydrogen) atoms. The third-order valence-electron chi connectivity index (χ3n) is 4.81. The second-order valence-electron chi connectivity index (χ2n) is 6.88. The van der Waals surface area contributed by atoms with Gasteiger partial charge >= 0.3 is 5.97 Å². The second-order valence-corrected chi connectivity index (χ2v) is 6.88. The minimum absolute atomic E-state index is 0.156. The number of carboxylic acids is 1. The molecule has 1 saturated heterocycles. The third-order valence-corrected chi connectivity index (χ3v) is 4.81. The highest BCUT2D eigenvalue weighted by molar-refractivity contribution is 5.98. The number of rotatable bonds is 9. The Balaban J connectivity index is 1.66. The van der Waals surface area contributed by atoms with Gasteiger partial charge in [-0.2, -0.15) is 0 Å². The molecule has 0 aromatic heterocycles. The summed E-state index contributed by atoms with van der Waals surface area (Å²) in [6.45, 7) is 6.16. The number of hydrogen-bond acceptors (Lipinski definition) is 6. The number of carbonyl (C=O) groups is 1. The molecule has 2 rings (SSSR count). The third kappa shape index (κ3) is 5.94. The second kappa shape index (κ2) is 9.71. The van der Waals surface area contributed by atoms with E-state index in [-0.39, 0.29) is 12.0 Å². The van der Waals surface area contributed by atoms with Gasteiger partial charge in [-0.15, -0.1) is 0 Å². The SMILES string of the molecule is COc1ccc(C(C)=NOCCCCC2COC(C)(C(=O)O)OC2C)cc1. The molecule has 3 atom stereocenters. The molecule has 0 saturated carbocycles. The average Bonchev–Trinajstić information content (AvgIpc) is 2.65. The van der Waals surface area contributed by atoms with E-state index in [4.69, 9.17) is 24.2 Å². The van der Waals surface area contributed by atoms with E-state index in [9.17, 15) is 4.79 Å². The van der Waals surface area contributed by atoms with Crippen molar-refractivity contribution in [3.63, 3.8) is 0 Å². The molecule has 1 N–H and O–H groups in total. The molecule has 0 aliphatic carbocycles. The van der Waals surface area contributed by atoms with Crippen LogP contribution >= 0.6 is 0 Å². The van der Waals surface area contributed by atoms with Crippen LogP contribution in [0.4, 0.5) is 0 Å². The van der Waals surface area contributed by atoms with Gasteiger partial charge in [-0.3, -0.25) is 0 Å². The van der Waals surface area contributed by atoms with E-state index in [2.05, 4.69) is 5.16 Å². The highest BCUT2D eigenvalue weighted by atomic mass is 16.7. The van der Waals surface area contributed by atoms with Gasteiger partial charge in [-0.25, -0.2) is 4.79 Å². The van der Waals surface area contributed by atoms with E-state index in [1.807, 2.05) is 38.1 Å². The Kier molecular flexibility index (Phi) is 7.62. The zero-order valence-electron chi connectivity index (χ0n) is 16.4. The van der Waals surface area contributed by atoms with Crippen molar-refractivity contribution in [1.82, 2.24) is 0 Å². The molecule has 1 aromatic rings. The van der Waals surface area contributed by atoms with Gasteiger partial charge in [0.05, 0.1) is 25.5 Å². The Hall–Kier alpha value is -2.12. The topological polar surface area (TPSA) is 86.6 Å². The van der Waals surface area contributed by atoms with E-state index in [0.717, 1.165) is 36.3 Å².